The molecule has 2 amide bonds. The molecule has 0 saturated carbocycles. The number of carbonyl (C=O) groups excluding carboxylic acids is 2. The van der Waals surface area contributed by atoms with Gasteiger partial charge in [0, 0.05) is 43.8 Å². The monoisotopic (exact) mass is 454 g/mol. The summed E-state index contributed by atoms with van der Waals surface area (Å²) in [5.74, 6) is -0.599. The summed E-state index contributed by atoms with van der Waals surface area (Å²) in [5.41, 5.74) is 2.27. The third kappa shape index (κ3) is 6.16. The predicted molar refractivity (Wildman–Crippen MR) is 127 cm³/mol. The number of aliphatic hydroxyl groups excluding tert-OH is 1. The molecule has 3 rings (SSSR count). The summed E-state index contributed by atoms with van der Waals surface area (Å²) in [6.45, 7) is 7.38. The van der Waals surface area contributed by atoms with E-state index >= 15 is 0 Å². The van der Waals surface area contributed by atoms with Gasteiger partial charge in [0.05, 0.1) is 18.8 Å². The highest BCUT2D eigenvalue weighted by Gasteiger charge is 2.39. The molecule has 0 bridgehead atoms. The van der Waals surface area contributed by atoms with Gasteiger partial charge in [-0.05, 0) is 35.6 Å². The number of methoxy groups -OCH3 is 1. The molecule has 1 aromatic carbocycles. The molecule has 1 aliphatic heterocycles. The fourth-order valence-electron chi connectivity index (χ4n) is 3.93. The lowest BCUT2D eigenvalue weighted by Gasteiger charge is -2.33. The number of carbonyl (C=O) groups is 2. The minimum atomic E-state index is -0.928. The SMILES string of the molecule is COCCNC(=O)C(c1cccnc1)N(C(=O)C1CC(O)CN1)c1ccc(C(C)(C)C)cc1. The van der Waals surface area contributed by atoms with Crippen molar-refractivity contribution in [2.24, 2.45) is 0 Å². The normalized spacial score (nSPS) is 19.2. The zero-order valence-electron chi connectivity index (χ0n) is 19.7. The number of β-amino-alcohol motifs (C(OH)–C–C–N with tert-alkyl or cyclic N) is 1. The number of benzene rings is 1. The van der Waals surface area contributed by atoms with Crippen LogP contribution in [0.15, 0.2) is 48.8 Å². The molecule has 0 radical (unpaired) electrons. The van der Waals surface area contributed by atoms with Crippen LogP contribution in [0, 0.1) is 0 Å². The molecular weight excluding hydrogens is 420 g/mol. The first-order valence-electron chi connectivity index (χ1n) is 11.2. The maximum absolute atomic E-state index is 13.7. The van der Waals surface area contributed by atoms with Crippen molar-refractivity contribution in [3.05, 3.63) is 59.9 Å². The van der Waals surface area contributed by atoms with Crippen LogP contribution in [-0.2, 0) is 19.7 Å². The Morgan fingerprint density at radius 1 is 1.27 bits per heavy atom. The van der Waals surface area contributed by atoms with Crippen LogP contribution >= 0.6 is 0 Å². The Kier molecular flexibility index (Phi) is 8.18. The summed E-state index contributed by atoms with van der Waals surface area (Å²) in [7, 11) is 1.56. The zero-order chi connectivity index (χ0) is 24.0. The van der Waals surface area contributed by atoms with Crippen molar-refractivity contribution >= 4 is 17.5 Å². The second-order valence-corrected chi connectivity index (χ2v) is 9.33. The summed E-state index contributed by atoms with van der Waals surface area (Å²) in [6, 6.07) is 9.72. The van der Waals surface area contributed by atoms with E-state index in [1.54, 1.807) is 31.6 Å². The molecule has 3 unspecified atom stereocenters. The number of ether oxygens (including phenoxy) is 1. The van der Waals surface area contributed by atoms with Gasteiger partial charge in [-0.3, -0.25) is 19.5 Å². The summed E-state index contributed by atoms with van der Waals surface area (Å²) in [6.07, 6.45) is 2.92. The van der Waals surface area contributed by atoms with Crippen molar-refractivity contribution in [2.45, 2.75) is 50.8 Å². The van der Waals surface area contributed by atoms with Gasteiger partial charge in [-0.2, -0.15) is 0 Å². The average molecular weight is 455 g/mol. The fraction of sp³-hybridized carbons (Fsp3) is 0.480. The van der Waals surface area contributed by atoms with Gasteiger partial charge in [-0.25, -0.2) is 0 Å². The molecule has 178 valence electrons. The summed E-state index contributed by atoms with van der Waals surface area (Å²) in [5, 5.41) is 15.9. The highest BCUT2D eigenvalue weighted by molar-refractivity contribution is 6.03. The molecule has 3 atom stereocenters. The lowest BCUT2D eigenvalue weighted by atomic mass is 9.87. The maximum atomic E-state index is 13.7. The largest absolute Gasteiger partial charge is 0.392 e. The molecule has 0 spiro atoms. The molecule has 2 aromatic rings. The smallest absolute Gasteiger partial charge is 0.247 e. The van der Waals surface area contributed by atoms with E-state index < -0.39 is 18.2 Å². The van der Waals surface area contributed by atoms with Gasteiger partial charge < -0.3 is 20.5 Å². The lowest BCUT2D eigenvalue weighted by molar-refractivity contribution is -0.127. The maximum Gasteiger partial charge on any atom is 0.247 e. The molecule has 1 aliphatic rings. The first-order valence-corrected chi connectivity index (χ1v) is 11.2. The summed E-state index contributed by atoms with van der Waals surface area (Å²) >= 11 is 0. The molecule has 8 heteroatoms. The number of anilines is 1. The Hall–Kier alpha value is -2.81. The van der Waals surface area contributed by atoms with E-state index in [1.165, 1.54) is 4.90 Å². The average Bonchev–Trinajstić information content (AvgIpc) is 3.23. The number of amides is 2. The van der Waals surface area contributed by atoms with E-state index in [0.29, 0.717) is 37.4 Å². The van der Waals surface area contributed by atoms with Crippen LogP contribution in [0.1, 0.15) is 44.4 Å². The Balaban J connectivity index is 2.05. The number of hydrogen-bond acceptors (Lipinski definition) is 6. The highest BCUT2D eigenvalue weighted by Crippen LogP contribution is 2.32. The van der Waals surface area contributed by atoms with Gasteiger partial charge >= 0.3 is 0 Å². The number of aromatic nitrogens is 1. The van der Waals surface area contributed by atoms with Gasteiger partial charge in [0.15, 0.2) is 0 Å². The van der Waals surface area contributed by atoms with Gasteiger partial charge in [0.1, 0.15) is 6.04 Å². The van der Waals surface area contributed by atoms with Gasteiger partial charge in [-0.1, -0.05) is 39.0 Å². The van der Waals surface area contributed by atoms with Crippen molar-refractivity contribution in [1.82, 2.24) is 15.6 Å². The second kappa shape index (κ2) is 10.9. The Labute approximate surface area is 195 Å². The van der Waals surface area contributed by atoms with Crippen molar-refractivity contribution < 1.29 is 19.4 Å². The molecule has 2 heterocycles. The van der Waals surface area contributed by atoms with Crippen LogP contribution in [0.25, 0.3) is 0 Å². The topological polar surface area (TPSA) is 104 Å². The van der Waals surface area contributed by atoms with Gasteiger partial charge in [0.25, 0.3) is 0 Å². The molecule has 0 aliphatic carbocycles. The van der Waals surface area contributed by atoms with Crippen LogP contribution in [0.5, 0.6) is 0 Å². The minimum absolute atomic E-state index is 0.0508. The Morgan fingerprint density at radius 2 is 2.00 bits per heavy atom. The van der Waals surface area contributed by atoms with Crippen LogP contribution in [0.4, 0.5) is 5.69 Å². The van der Waals surface area contributed by atoms with Crippen molar-refractivity contribution in [1.29, 1.82) is 0 Å². The molecule has 1 saturated heterocycles. The first-order chi connectivity index (χ1) is 15.7. The number of pyridine rings is 1. The number of nitrogens with one attached hydrogen (secondary N) is 2. The number of aliphatic hydroxyl groups is 1. The van der Waals surface area contributed by atoms with E-state index in [2.05, 4.69) is 36.4 Å². The van der Waals surface area contributed by atoms with E-state index in [0.717, 1.165) is 5.56 Å². The highest BCUT2D eigenvalue weighted by atomic mass is 16.5. The summed E-state index contributed by atoms with van der Waals surface area (Å²) in [4.78, 5) is 32.8. The van der Waals surface area contributed by atoms with Crippen LogP contribution in [0.3, 0.4) is 0 Å². The third-order valence-corrected chi connectivity index (χ3v) is 5.77. The van der Waals surface area contributed by atoms with E-state index in [-0.39, 0.29) is 17.2 Å². The van der Waals surface area contributed by atoms with Crippen LogP contribution in [0.2, 0.25) is 0 Å². The number of hydrogen-bond donors (Lipinski definition) is 3. The van der Waals surface area contributed by atoms with Crippen molar-refractivity contribution in [3.8, 4) is 0 Å². The number of nitrogens with zero attached hydrogens (tertiary/aromatic N) is 2. The van der Waals surface area contributed by atoms with Crippen LogP contribution < -0.4 is 15.5 Å². The van der Waals surface area contributed by atoms with Gasteiger partial charge in [0.2, 0.25) is 11.8 Å². The third-order valence-electron chi connectivity index (χ3n) is 5.77. The minimum Gasteiger partial charge on any atom is -0.392 e. The Bertz CT molecular complexity index is 928. The lowest BCUT2D eigenvalue weighted by Crippen LogP contribution is -2.50. The molecule has 8 nitrogen and oxygen atoms in total. The Morgan fingerprint density at radius 3 is 2.55 bits per heavy atom. The molecular formula is C25H34N4O4. The first kappa shape index (κ1) is 24.8. The van der Waals surface area contributed by atoms with Crippen LogP contribution in [-0.4, -0.2) is 60.9 Å². The fourth-order valence-corrected chi connectivity index (χ4v) is 3.93. The summed E-state index contributed by atoms with van der Waals surface area (Å²) < 4.78 is 5.06. The molecule has 3 N–H and O–H groups in total. The van der Waals surface area contributed by atoms with E-state index in [1.807, 2.05) is 24.3 Å². The number of rotatable bonds is 8. The van der Waals surface area contributed by atoms with E-state index in [9.17, 15) is 14.7 Å². The van der Waals surface area contributed by atoms with Crippen molar-refractivity contribution in [2.75, 3.05) is 31.7 Å². The molecule has 1 fully saturated rings. The second-order valence-electron chi connectivity index (χ2n) is 9.33. The molecule has 33 heavy (non-hydrogen) atoms. The van der Waals surface area contributed by atoms with Crippen molar-refractivity contribution in [3.63, 3.8) is 0 Å². The zero-order valence-corrected chi connectivity index (χ0v) is 19.7. The molecule has 1 aromatic heterocycles. The quantitative estimate of drug-likeness (QED) is 0.527. The predicted octanol–water partition coefficient (Wildman–Crippen LogP) is 1.94. The van der Waals surface area contributed by atoms with E-state index in [4.69, 9.17) is 4.74 Å². The van der Waals surface area contributed by atoms with Gasteiger partial charge in [-0.15, -0.1) is 0 Å². The standard InChI is InChI=1S/C25H34N4O4/c1-25(2,3)18-7-9-19(10-8-18)29(24(32)21-14-20(30)16-28-21)22(17-6-5-11-26-15-17)23(31)27-12-13-33-4/h5-11,15,20-22,28,30H,12-14,16H2,1-4H3,(H,27,31).